The highest BCUT2D eigenvalue weighted by atomic mass is 16.4. The van der Waals surface area contributed by atoms with Gasteiger partial charge in [-0.2, -0.15) is 0 Å². The van der Waals surface area contributed by atoms with Crippen LogP contribution >= 0.6 is 0 Å². The number of amides is 1. The highest BCUT2D eigenvalue weighted by molar-refractivity contribution is 5.81. The first-order valence-corrected chi connectivity index (χ1v) is 7.34. The summed E-state index contributed by atoms with van der Waals surface area (Å²) in [6.45, 7) is 4.78. The first-order valence-electron chi connectivity index (χ1n) is 7.34. The molecule has 0 radical (unpaired) electrons. The fourth-order valence-corrected chi connectivity index (χ4v) is 1.96. The van der Waals surface area contributed by atoms with Gasteiger partial charge in [0.25, 0.3) is 0 Å². The van der Waals surface area contributed by atoms with Crippen molar-refractivity contribution in [3.63, 3.8) is 0 Å². The molecule has 0 saturated heterocycles. The van der Waals surface area contributed by atoms with Crippen molar-refractivity contribution in [2.45, 2.75) is 39.2 Å². The Hall–Kier alpha value is -2.04. The number of carbonyl (C=O) groups is 2. The van der Waals surface area contributed by atoms with Crippen molar-refractivity contribution in [1.29, 1.82) is 0 Å². The third-order valence-electron chi connectivity index (χ3n) is 3.29. The number of benzene rings is 1. The molecule has 2 N–H and O–H groups in total. The van der Waals surface area contributed by atoms with Gasteiger partial charge in [0.2, 0.25) is 5.91 Å². The van der Waals surface area contributed by atoms with Crippen LogP contribution in [0.3, 0.4) is 0 Å². The highest BCUT2D eigenvalue weighted by Gasteiger charge is 2.13. The Morgan fingerprint density at radius 1 is 1.29 bits per heavy atom. The van der Waals surface area contributed by atoms with Gasteiger partial charge in [-0.1, -0.05) is 25.1 Å². The largest absolute Gasteiger partial charge is 0.481 e. The third-order valence-corrected chi connectivity index (χ3v) is 3.29. The Morgan fingerprint density at radius 3 is 2.52 bits per heavy atom. The second kappa shape index (κ2) is 9.00. The van der Waals surface area contributed by atoms with Crippen molar-refractivity contribution < 1.29 is 14.7 Å². The predicted octanol–water partition coefficient (Wildman–Crippen LogP) is 2.27. The van der Waals surface area contributed by atoms with Crippen molar-refractivity contribution in [1.82, 2.24) is 5.32 Å². The summed E-state index contributed by atoms with van der Waals surface area (Å²) in [5.74, 6) is -0.851. The Morgan fingerprint density at radius 2 is 1.95 bits per heavy atom. The monoisotopic (exact) mass is 292 g/mol. The minimum absolute atomic E-state index is 0.0384. The van der Waals surface area contributed by atoms with Gasteiger partial charge in [-0.05, 0) is 31.9 Å². The number of nitrogens with zero attached hydrogens (tertiary/aromatic N) is 1. The number of carboxylic acids is 1. The normalized spacial score (nSPS) is 11.7. The van der Waals surface area contributed by atoms with E-state index in [-0.39, 0.29) is 24.9 Å². The Labute approximate surface area is 126 Å². The fourth-order valence-electron chi connectivity index (χ4n) is 1.96. The van der Waals surface area contributed by atoms with Crippen LogP contribution in [0.1, 0.15) is 33.1 Å². The Kier molecular flexibility index (Phi) is 7.29. The molecule has 1 atom stereocenters. The standard InChI is InChI=1S/C16H24N2O3/c1-3-13(2)17-15(19)12-18(11-7-10-16(20)21)14-8-5-4-6-9-14/h4-6,8-9,13H,3,7,10-12H2,1-2H3,(H,17,19)(H,20,21). The minimum atomic E-state index is -0.813. The van der Waals surface area contributed by atoms with Crippen LogP contribution in [-0.2, 0) is 9.59 Å². The number of anilines is 1. The van der Waals surface area contributed by atoms with Crippen molar-refractivity contribution >= 4 is 17.6 Å². The molecule has 1 unspecified atom stereocenters. The lowest BCUT2D eigenvalue weighted by atomic mass is 10.2. The zero-order chi connectivity index (χ0) is 15.7. The van der Waals surface area contributed by atoms with Crippen LogP contribution in [0.25, 0.3) is 0 Å². The summed E-state index contributed by atoms with van der Waals surface area (Å²) in [4.78, 5) is 24.6. The van der Waals surface area contributed by atoms with E-state index in [1.165, 1.54) is 0 Å². The molecule has 0 heterocycles. The number of carboxylic acid groups (broad SMARTS) is 1. The fraction of sp³-hybridized carbons (Fsp3) is 0.500. The van der Waals surface area contributed by atoms with Gasteiger partial charge < -0.3 is 15.3 Å². The van der Waals surface area contributed by atoms with E-state index in [0.29, 0.717) is 13.0 Å². The maximum absolute atomic E-state index is 12.0. The molecular weight excluding hydrogens is 268 g/mol. The average molecular weight is 292 g/mol. The molecule has 116 valence electrons. The number of hydrogen-bond acceptors (Lipinski definition) is 3. The summed E-state index contributed by atoms with van der Waals surface area (Å²) in [6.07, 6.45) is 1.51. The molecule has 0 bridgehead atoms. The summed E-state index contributed by atoms with van der Waals surface area (Å²) in [5.41, 5.74) is 0.933. The molecule has 5 nitrogen and oxygen atoms in total. The first kappa shape index (κ1) is 17.0. The van der Waals surface area contributed by atoms with Gasteiger partial charge in [-0.15, -0.1) is 0 Å². The molecular formula is C16H24N2O3. The van der Waals surface area contributed by atoms with Crippen LogP contribution in [-0.4, -0.2) is 36.1 Å². The molecule has 0 spiro atoms. The van der Waals surface area contributed by atoms with E-state index in [2.05, 4.69) is 5.32 Å². The van der Waals surface area contributed by atoms with E-state index in [9.17, 15) is 9.59 Å². The van der Waals surface area contributed by atoms with Gasteiger partial charge in [0.05, 0.1) is 6.54 Å². The lowest BCUT2D eigenvalue weighted by Crippen LogP contribution is -2.41. The lowest BCUT2D eigenvalue weighted by molar-refractivity contribution is -0.137. The van der Waals surface area contributed by atoms with Gasteiger partial charge in [0.1, 0.15) is 0 Å². The van der Waals surface area contributed by atoms with Crippen LogP contribution in [0.4, 0.5) is 5.69 Å². The first-order chi connectivity index (χ1) is 10.0. The molecule has 1 aromatic carbocycles. The molecule has 0 saturated carbocycles. The topological polar surface area (TPSA) is 69.6 Å². The van der Waals surface area contributed by atoms with E-state index < -0.39 is 5.97 Å². The van der Waals surface area contributed by atoms with Crippen LogP contribution in [0.2, 0.25) is 0 Å². The summed E-state index contributed by atoms with van der Waals surface area (Å²) in [7, 11) is 0. The van der Waals surface area contributed by atoms with E-state index in [0.717, 1.165) is 12.1 Å². The SMILES string of the molecule is CCC(C)NC(=O)CN(CCCC(=O)O)c1ccccc1. The summed E-state index contributed by atoms with van der Waals surface area (Å²) in [6, 6.07) is 9.74. The summed E-state index contributed by atoms with van der Waals surface area (Å²) < 4.78 is 0. The molecule has 1 amide bonds. The van der Waals surface area contributed by atoms with E-state index >= 15 is 0 Å². The van der Waals surface area contributed by atoms with Gasteiger partial charge in [-0.25, -0.2) is 0 Å². The predicted molar refractivity (Wildman–Crippen MR) is 83.4 cm³/mol. The third kappa shape index (κ3) is 6.79. The summed E-state index contributed by atoms with van der Waals surface area (Å²) >= 11 is 0. The number of rotatable bonds is 9. The van der Waals surface area contributed by atoms with Gasteiger partial charge in [0, 0.05) is 24.7 Å². The number of nitrogens with one attached hydrogen (secondary N) is 1. The zero-order valence-electron chi connectivity index (χ0n) is 12.7. The van der Waals surface area contributed by atoms with Crippen LogP contribution in [0.15, 0.2) is 30.3 Å². The van der Waals surface area contributed by atoms with Crippen molar-refractivity contribution in [3.8, 4) is 0 Å². The van der Waals surface area contributed by atoms with E-state index in [1.54, 1.807) is 0 Å². The number of hydrogen-bond donors (Lipinski definition) is 2. The molecule has 0 aliphatic carbocycles. The van der Waals surface area contributed by atoms with Crippen molar-refractivity contribution in [2.75, 3.05) is 18.0 Å². The molecule has 0 aromatic heterocycles. The van der Waals surface area contributed by atoms with Gasteiger partial charge >= 0.3 is 5.97 Å². The minimum Gasteiger partial charge on any atom is -0.481 e. The second-order valence-corrected chi connectivity index (χ2v) is 5.13. The van der Waals surface area contributed by atoms with Crippen molar-refractivity contribution in [3.05, 3.63) is 30.3 Å². The van der Waals surface area contributed by atoms with E-state index in [1.807, 2.05) is 49.1 Å². The molecule has 0 aliphatic rings. The summed E-state index contributed by atoms with van der Waals surface area (Å²) in [5, 5.41) is 11.7. The smallest absolute Gasteiger partial charge is 0.303 e. The van der Waals surface area contributed by atoms with Crippen LogP contribution in [0.5, 0.6) is 0 Å². The maximum Gasteiger partial charge on any atom is 0.303 e. The van der Waals surface area contributed by atoms with Crippen LogP contribution < -0.4 is 10.2 Å². The average Bonchev–Trinajstić information content (AvgIpc) is 2.46. The molecule has 1 aromatic rings. The van der Waals surface area contributed by atoms with E-state index in [4.69, 9.17) is 5.11 Å². The molecule has 0 fully saturated rings. The maximum atomic E-state index is 12.0. The molecule has 21 heavy (non-hydrogen) atoms. The van der Waals surface area contributed by atoms with Crippen LogP contribution in [0, 0.1) is 0 Å². The lowest BCUT2D eigenvalue weighted by Gasteiger charge is -2.25. The van der Waals surface area contributed by atoms with Gasteiger partial charge in [-0.3, -0.25) is 9.59 Å². The highest BCUT2D eigenvalue weighted by Crippen LogP contribution is 2.13. The second-order valence-electron chi connectivity index (χ2n) is 5.13. The molecule has 0 aliphatic heterocycles. The Bertz CT molecular complexity index is 448. The number of carbonyl (C=O) groups excluding carboxylic acids is 1. The molecule has 1 rings (SSSR count). The number of aliphatic carboxylic acids is 1. The zero-order valence-corrected chi connectivity index (χ0v) is 12.7. The number of para-hydroxylation sites is 1. The Balaban J connectivity index is 2.63. The molecule has 5 heteroatoms. The van der Waals surface area contributed by atoms with Crippen molar-refractivity contribution in [2.24, 2.45) is 0 Å². The van der Waals surface area contributed by atoms with Gasteiger partial charge in [0.15, 0.2) is 0 Å². The quantitative estimate of drug-likeness (QED) is 0.732.